The number of nitrogens with one attached hydrogen (secondary N) is 1. The van der Waals surface area contributed by atoms with Gasteiger partial charge in [0, 0.05) is 17.5 Å². The van der Waals surface area contributed by atoms with Gasteiger partial charge < -0.3 is 19.5 Å². The molecule has 2 aromatic rings. The van der Waals surface area contributed by atoms with E-state index < -0.39 is 5.97 Å². The number of rotatable bonds is 7. The van der Waals surface area contributed by atoms with Gasteiger partial charge >= 0.3 is 5.97 Å². The van der Waals surface area contributed by atoms with Crippen molar-refractivity contribution in [1.82, 2.24) is 5.32 Å². The summed E-state index contributed by atoms with van der Waals surface area (Å²) >= 11 is 1.52. The summed E-state index contributed by atoms with van der Waals surface area (Å²) in [6.45, 7) is 1.25. The van der Waals surface area contributed by atoms with Gasteiger partial charge in [0.1, 0.15) is 13.2 Å². The average molecular weight is 373 g/mol. The second-order valence-corrected chi connectivity index (χ2v) is 6.51. The molecule has 0 fully saturated rings. The summed E-state index contributed by atoms with van der Waals surface area (Å²) in [7, 11) is 0. The molecular weight excluding hydrogens is 354 g/mol. The lowest BCUT2D eigenvalue weighted by atomic mass is 10.1. The maximum absolute atomic E-state index is 11.7. The number of esters is 1. The van der Waals surface area contributed by atoms with E-state index in [1.54, 1.807) is 6.08 Å². The Hall–Kier alpha value is -2.80. The Morgan fingerprint density at radius 1 is 1.19 bits per heavy atom. The minimum Gasteiger partial charge on any atom is -0.486 e. The topological polar surface area (TPSA) is 73.9 Å². The van der Waals surface area contributed by atoms with Crippen molar-refractivity contribution in [2.75, 3.05) is 26.4 Å². The van der Waals surface area contributed by atoms with Gasteiger partial charge in [0.25, 0.3) is 5.91 Å². The van der Waals surface area contributed by atoms with Gasteiger partial charge in [0.15, 0.2) is 18.1 Å². The predicted molar refractivity (Wildman–Crippen MR) is 98.5 cm³/mol. The Morgan fingerprint density at radius 2 is 2.04 bits per heavy atom. The zero-order valence-electron chi connectivity index (χ0n) is 14.1. The molecule has 1 amide bonds. The standard InChI is InChI=1S/C19H19NO5S/c21-18(13-25-19(22)6-4-15-2-1-11-26-15)20-8-7-14-3-5-16-17(12-14)24-10-9-23-16/h1-6,11-12H,7-10,13H2,(H,20,21)/b6-4+. The molecule has 1 N–H and O–H groups in total. The van der Waals surface area contributed by atoms with Crippen molar-refractivity contribution in [2.24, 2.45) is 0 Å². The van der Waals surface area contributed by atoms with Crippen LogP contribution in [0.1, 0.15) is 10.4 Å². The quantitative estimate of drug-likeness (QED) is 0.596. The van der Waals surface area contributed by atoms with Crippen LogP contribution in [0, 0.1) is 0 Å². The second kappa shape index (κ2) is 9.05. The van der Waals surface area contributed by atoms with Crippen molar-refractivity contribution in [1.29, 1.82) is 0 Å². The van der Waals surface area contributed by atoms with Crippen LogP contribution in [0.2, 0.25) is 0 Å². The summed E-state index contributed by atoms with van der Waals surface area (Å²) in [6, 6.07) is 9.50. The summed E-state index contributed by atoms with van der Waals surface area (Å²) in [5.41, 5.74) is 1.03. The normalized spacial score (nSPS) is 12.8. The van der Waals surface area contributed by atoms with Crippen LogP contribution in [-0.2, 0) is 20.7 Å². The molecule has 7 heteroatoms. The maximum Gasteiger partial charge on any atom is 0.331 e. The van der Waals surface area contributed by atoms with E-state index in [9.17, 15) is 9.59 Å². The van der Waals surface area contributed by atoms with Gasteiger partial charge in [-0.1, -0.05) is 12.1 Å². The molecule has 0 spiro atoms. The molecule has 3 rings (SSSR count). The third kappa shape index (κ3) is 5.35. The van der Waals surface area contributed by atoms with Crippen LogP contribution < -0.4 is 14.8 Å². The molecule has 1 aliphatic rings. The van der Waals surface area contributed by atoms with Crippen LogP contribution >= 0.6 is 11.3 Å². The van der Waals surface area contributed by atoms with Crippen LogP contribution in [0.25, 0.3) is 6.08 Å². The minimum atomic E-state index is -0.541. The molecule has 26 heavy (non-hydrogen) atoms. The first-order valence-electron chi connectivity index (χ1n) is 8.24. The summed E-state index contributed by atoms with van der Waals surface area (Å²) in [6.07, 6.45) is 3.62. The Morgan fingerprint density at radius 3 is 2.85 bits per heavy atom. The van der Waals surface area contributed by atoms with Gasteiger partial charge in [-0.25, -0.2) is 4.79 Å². The number of fused-ring (bicyclic) bond motifs is 1. The molecule has 2 heterocycles. The van der Waals surface area contributed by atoms with E-state index in [2.05, 4.69) is 5.32 Å². The highest BCUT2D eigenvalue weighted by Gasteiger charge is 2.11. The number of carbonyl (C=O) groups excluding carboxylic acids is 2. The summed E-state index contributed by atoms with van der Waals surface area (Å²) in [4.78, 5) is 24.3. The average Bonchev–Trinajstić information content (AvgIpc) is 3.18. The van der Waals surface area contributed by atoms with Crippen LogP contribution in [0.4, 0.5) is 0 Å². The van der Waals surface area contributed by atoms with E-state index in [4.69, 9.17) is 14.2 Å². The van der Waals surface area contributed by atoms with E-state index in [1.165, 1.54) is 17.4 Å². The third-order valence-corrected chi connectivity index (χ3v) is 4.45. The minimum absolute atomic E-state index is 0.297. The number of benzene rings is 1. The smallest absolute Gasteiger partial charge is 0.331 e. The Balaban J connectivity index is 1.36. The molecule has 0 atom stereocenters. The van der Waals surface area contributed by atoms with Crippen LogP contribution in [0.3, 0.4) is 0 Å². The van der Waals surface area contributed by atoms with Crippen LogP contribution in [0.5, 0.6) is 11.5 Å². The van der Waals surface area contributed by atoms with Gasteiger partial charge in [0.2, 0.25) is 0 Å². The Bertz CT molecular complexity index is 785. The zero-order valence-corrected chi connectivity index (χ0v) is 14.9. The largest absolute Gasteiger partial charge is 0.486 e. The molecule has 1 aliphatic heterocycles. The lowest BCUT2D eigenvalue weighted by Crippen LogP contribution is -2.30. The van der Waals surface area contributed by atoms with Crippen LogP contribution in [0.15, 0.2) is 41.8 Å². The molecule has 1 aromatic carbocycles. The first kappa shape index (κ1) is 18.0. The summed E-state index contributed by atoms with van der Waals surface area (Å²) < 4.78 is 15.9. The molecule has 0 aliphatic carbocycles. The number of hydrogen-bond acceptors (Lipinski definition) is 6. The van der Waals surface area contributed by atoms with Crippen molar-refractivity contribution >= 4 is 29.3 Å². The molecule has 0 bridgehead atoms. The lowest BCUT2D eigenvalue weighted by Gasteiger charge is -2.18. The molecule has 0 saturated heterocycles. The van der Waals surface area contributed by atoms with Crippen molar-refractivity contribution in [2.45, 2.75) is 6.42 Å². The fourth-order valence-corrected chi connectivity index (χ4v) is 2.98. The van der Waals surface area contributed by atoms with Crippen molar-refractivity contribution < 1.29 is 23.8 Å². The van der Waals surface area contributed by atoms with E-state index in [-0.39, 0.29) is 12.5 Å². The first-order chi connectivity index (χ1) is 12.7. The molecule has 0 unspecified atom stereocenters. The Labute approximate surface area is 155 Å². The molecular formula is C19H19NO5S. The highest BCUT2D eigenvalue weighted by atomic mass is 32.1. The van der Waals surface area contributed by atoms with E-state index in [0.29, 0.717) is 26.2 Å². The number of ether oxygens (including phenoxy) is 3. The van der Waals surface area contributed by atoms with Crippen molar-refractivity contribution in [3.05, 3.63) is 52.2 Å². The van der Waals surface area contributed by atoms with Crippen molar-refractivity contribution in [3.8, 4) is 11.5 Å². The first-order valence-corrected chi connectivity index (χ1v) is 9.12. The number of hydrogen-bond donors (Lipinski definition) is 1. The molecule has 136 valence electrons. The zero-order chi connectivity index (χ0) is 18.2. The number of amides is 1. The van der Waals surface area contributed by atoms with Gasteiger partial charge in [-0.3, -0.25) is 4.79 Å². The highest BCUT2D eigenvalue weighted by Crippen LogP contribution is 2.30. The highest BCUT2D eigenvalue weighted by molar-refractivity contribution is 7.10. The number of carbonyl (C=O) groups is 2. The van der Waals surface area contributed by atoms with E-state index >= 15 is 0 Å². The van der Waals surface area contributed by atoms with Gasteiger partial charge in [-0.05, 0) is 41.6 Å². The maximum atomic E-state index is 11.7. The van der Waals surface area contributed by atoms with Gasteiger partial charge in [0.05, 0.1) is 0 Å². The fraction of sp³-hybridized carbons (Fsp3) is 0.263. The summed E-state index contributed by atoms with van der Waals surface area (Å²) in [5.74, 6) is 0.596. The third-order valence-electron chi connectivity index (χ3n) is 3.61. The van der Waals surface area contributed by atoms with E-state index in [0.717, 1.165) is 21.9 Å². The van der Waals surface area contributed by atoms with Crippen molar-refractivity contribution in [3.63, 3.8) is 0 Å². The van der Waals surface area contributed by atoms with Gasteiger partial charge in [-0.2, -0.15) is 0 Å². The van der Waals surface area contributed by atoms with E-state index in [1.807, 2.05) is 35.7 Å². The molecule has 6 nitrogen and oxygen atoms in total. The molecule has 1 aromatic heterocycles. The monoisotopic (exact) mass is 373 g/mol. The summed E-state index contributed by atoms with van der Waals surface area (Å²) in [5, 5.41) is 4.64. The SMILES string of the molecule is O=C(COC(=O)/C=C/c1cccs1)NCCc1ccc2c(c1)OCCO2. The fourth-order valence-electron chi connectivity index (χ4n) is 2.36. The van der Waals surface area contributed by atoms with Gasteiger partial charge in [-0.15, -0.1) is 11.3 Å². The van der Waals surface area contributed by atoms with Crippen LogP contribution in [-0.4, -0.2) is 38.2 Å². The molecule has 0 radical (unpaired) electrons. The molecule has 0 saturated carbocycles. The predicted octanol–water partition coefficient (Wildman–Crippen LogP) is 2.43. The lowest BCUT2D eigenvalue weighted by molar-refractivity contribution is -0.143. The Kier molecular flexibility index (Phi) is 6.27. The number of thiophene rings is 1. The second-order valence-electron chi connectivity index (χ2n) is 5.53.